The molecule has 1 aliphatic rings. The summed E-state index contributed by atoms with van der Waals surface area (Å²) in [7, 11) is 0. The highest BCUT2D eigenvalue weighted by Gasteiger charge is 2.44. The second-order valence-electron chi connectivity index (χ2n) is 4.88. The minimum absolute atomic E-state index is 0.133. The predicted molar refractivity (Wildman–Crippen MR) is 72.2 cm³/mol. The molecule has 0 spiro atoms. The Kier molecular flexibility index (Phi) is 4.84. The summed E-state index contributed by atoms with van der Waals surface area (Å²) in [5, 5.41) is 47.4. The molecule has 1 fully saturated rings. The van der Waals surface area contributed by atoms with Gasteiger partial charge in [0, 0.05) is 5.69 Å². The Balaban J connectivity index is 2.24. The maximum absolute atomic E-state index is 11.2. The molecule has 2 rings (SSSR count). The lowest BCUT2D eigenvalue weighted by Crippen LogP contribution is -2.60. The highest BCUT2D eigenvalue weighted by Crippen LogP contribution is 2.27. The fourth-order valence-corrected chi connectivity index (χ4v) is 2.11. The molecule has 0 aliphatic carbocycles. The quantitative estimate of drug-likeness (QED) is 0.350. The van der Waals surface area contributed by atoms with Gasteiger partial charge in [-0.05, 0) is 18.2 Å². The highest BCUT2D eigenvalue weighted by molar-refractivity contribution is 5.92. The van der Waals surface area contributed by atoms with E-state index in [9.17, 15) is 20.1 Å². The van der Waals surface area contributed by atoms with Crippen LogP contribution in [0.5, 0.6) is 5.75 Å². The molecule has 1 heterocycles. The molecule has 22 heavy (non-hydrogen) atoms. The Bertz CT molecular complexity index is 549. The average molecular weight is 315 g/mol. The molecule has 0 unspecified atom stereocenters. The number of nitrogen functional groups attached to an aromatic ring is 1. The van der Waals surface area contributed by atoms with Gasteiger partial charge in [0.1, 0.15) is 35.7 Å². The van der Waals surface area contributed by atoms with Gasteiger partial charge in [0.05, 0.1) is 6.61 Å². The summed E-state index contributed by atoms with van der Waals surface area (Å²) in [6, 6.07) is 3.84. The summed E-state index contributed by atoms with van der Waals surface area (Å²) in [4.78, 5) is 11.2. The monoisotopic (exact) mass is 315 g/mol. The van der Waals surface area contributed by atoms with E-state index in [1.807, 2.05) is 0 Å². The number of carboxylic acid groups (broad SMARTS) is 1. The van der Waals surface area contributed by atoms with Crippen LogP contribution >= 0.6 is 0 Å². The first-order valence-electron chi connectivity index (χ1n) is 6.45. The van der Waals surface area contributed by atoms with Crippen LogP contribution in [0.2, 0.25) is 0 Å². The second-order valence-corrected chi connectivity index (χ2v) is 4.88. The van der Waals surface area contributed by atoms with E-state index in [1.54, 1.807) is 0 Å². The number of rotatable bonds is 4. The van der Waals surface area contributed by atoms with E-state index in [-0.39, 0.29) is 17.0 Å². The van der Waals surface area contributed by atoms with Gasteiger partial charge in [0.25, 0.3) is 0 Å². The van der Waals surface area contributed by atoms with Crippen LogP contribution in [0.3, 0.4) is 0 Å². The number of hydrogen-bond donors (Lipinski definition) is 6. The van der Waals surface area contributed by atoms with Gasteiger partial charge in [0.2, 0.25) is 6.29 Å². The lowest BCUT2D eigenvalue weighted by atomic mass is 9.99. The SMILES string of the molecule is Nc1ccc(O[C@H]2O[C@H](CO)[C@H](O)[C@H](O)[C@H]2O)c(C(=O)O)c1. The Morgan fingerprint density at radius 3 is 2.50 bits per heavy atom. The van der Waals surface area contributed by atoms with Crippen molar-refractivity contribution in [3.63, 3.8) is 0 Å². The molecule has 5 atom stereocenters. The molecule has 0 bridgehead atoms. The van der Waals surface area contributed by atoms with Crippen LogP contribution in [0.25, 0.3) is 0 Å². The Hall–Kier alpha value is -1.91. The van der Waals surface area contributed by atoms with Crippen molar-refractivity contribution in [2.75, 3.05) is 12.3 Å². The van der Waals surface area contributed by atoms with Crippen molar-refractivity contribution in [3.05, 3.63) is 23.8 Å². The van der Waals surface area contributed by atoms with Gasteiger partial charge in [-0.25, -0.2) is 4.79 Å². The number of hydrogen-bond acceptors (Lipinski definition) is 8. The van der Waals surface area contributed by atoms with Gasteiger partial charge in [0.15, 0.2) is 0 Å². The van der Waals surface area contributed by atoms with Crippen molar-refractivity contribution < 1.29 is 39.8 Å². The maximum atomic E-state index is 11.2. The van der Waals surface area contributed by atoms with Gasteiger partial charge in [-0.1, -0.05) is 0 Å². The van der Waals surface area contributed by atoms with Crippen LogP contribution in [0.1, 0.15) is 10.4 Å². The van der Waals surface area contributed by atoms with Crippen molar-refractivity contribution in [1.82, 2.24) is 0 Å². The van der Waals surface area contributed by atoms with Gasteiger partial charge >= 0.3 is 5.97 Å². The Morgan fingerprint density at radius 2 is 1.91 bits per heavy atom. The molecule has 1 aliphatic heterocycles. The Morgan fingerprint density at radius 1 is 1.23 bits per heavy atom. The molecule has 9 heteroatoms. The van der Waals surface area contributed by atoms with E-state index in [2.05, 4.69) is 0 Å². The Labute approximate surface area is 125 Å². The van der Waals surface area contributed by atoms with Crippen molar-refractivity contribution >= 4 is 11.7 Å². The lowest BCUT2D eigenvalue weighted by molar-refractivity contribution is -0.277. The predicted octanol–water partition coefficient (Wildman–Crippen LogP) is -1.85. The largest absolute Gasteiger partial charge is 0.478 e. The number of anilines is 1. The van der Waals surface area contributed by atoms with Crippen molar-refractivity contribution in [1.29, 1.82) is 0 Å². The summed E-state index contributed by atoms with van der Waals surface area (Å²) in [5.74, 6) is -1.43. The molecule has 122 valence electrons. The normalized spacial score (nSPS) is 31.7. The molecule has 1 saturated heterocycles. The first-order chi connectivity index (χ1) is 10.3. The maximum Gasteiger partial charge on any atom is 0.339 e. The fourth-order valence-electron chi connectivity index (χ4n) is 2.11. The summed E-state index contributed by atoms with van der Waals surface area (Å²) in [6.07, 6.45) is -7.37. The standard InChI is InChI=1S/C13H17NO8/c14-5-1-2-7(6(3-5)12(19)20)21-13-11(18)10(17)9(16)8(4-15)22-13/h1-3,8-11,13,15-18H,4,14H2,(H,19,20)/t8-,9+,10+,11-,13+/m1/s1. The number of ether oxygens (including phenoxy) is 2. The molecule has 0 aromatic heterocycles. The zero-order valence-corrected chi connectivity index (χ0v) is 11.4. The van der Waals surface area contributed by atoms with E-state index in [0.717, 1.165) is 0 Å². The van der Waals surface area contributed by atoms with E-state index in [4.69, 9.17) is 25.4 Å². The van der Waals surface area contributed by atoms with Crippen LogP contribution in [-0.2, 0) is 4.74 Å². The molecule has 1 aromatic carbocycles. The topological polar surface area (TPSA) is 163 Å². The number of aliphatic hydroxyl groups is 4. The summed E-state index contributed by atoms with van der Waals surface area (Å²) in [5.41, 5.74) is 5.46. The van der Waals surface area contributed by atoms with Crippen molar-refractivity contribution in [2.24, 2.45) is 0 Å². The molecular weight excluding hydrogens is 298 g/mol. The highest BCUT2D eigenvalue weighted by atomic mass is 16.7. The first kappa shape index (κ1) is 16.5. The zero-order chi connectivity index (χ0) is 16.4. The molecule has 0 radical (unpaired) electrons. The summed E-state index contributed by atoms with van der Waals surface area (Å²) >= 11 is 0. The summed E-state index contributed by atoms with van der Waals surface area (Å²) in [6.45, 7) is -0.613. The third kappa shape index (κ3) is 3.13. The second kappa shape index (κ2) is 6.46. The fraction of sp³-hybridized carbons (Fsp3) is 0.462. The average Bonchev–Trinajstić information content (AvgIpc) is 2.49. The van der Waals surface area contributed by atoms with Crippen LogP contribution in [0, 0.1) is 0 Å². The number of carboxylic acids is 1. The summed E-state index contributed by atoms with van der Waals surface area (Å²) < 4.78 is 10.4. The third-order valence-corrected chi connectivity index (χ3v) is 3.33. The van der Waals surface area contributed by atoms with Crippen molar-refractivity contribution in [3.8, 4) is 5.75 Å². The molecular formula is C13H17NO8. The number of aliphatic hydroxyl groups excluding tert-OH is 4. The molecule has 9 nitrogen and oxygen atoms in total. The number of aromatic carboxylic acids is 1. The van der Waals surface area contributed by atoms with Gasteiger partial charge in [-0.3, -0.25) is 0 Å². The van der Waals surface area contributed by atoms with Crippen LogP contribution in [0.15, 0.2) is 18.2 Å². The zero-order valence-electron chi connectivity index (χ0n) is 11.4. The smallest absolute Gasteiger partial charge is 0.339 e. The molecule has 1 aromatic rings. The van der Waals surface area contributed by atoms with Gasteiger partial charge in [-0.2, -0.15) is 0 Å². The number of nitrogens with two attached hydrogens (primary N) is 1. The van der Waals surface area contributed by atoms with Crippen LogP contribution < -0.4 is 10.5 Å². The van der Waals surface area contributed by atoms with Gasteiger partial charge < -0.3 is 40.7 Å². The van der Waals surface area contributed by atoms with E-state index < -0.39 is 43.3 Å². The number of carbonyl (C=O) groups is 1. The number of benzene rings is 1. The van der Waals surface area contributed by atoms with E-state index in [0.29, 0.717) is 0 Å². The van der Waals surface area contributed by atoms with Crippen LogP contribution in [-0.4, -0.2) is 68.8 Å². The van der Waals surface area contributed by atoms with Crippen LogP contribution in [0.4, 0.5) is 5.69 Å². The minimum atomic E-state index is -1.63. The minimum Gasteiger partial charge on any atom is -0.478 e. The van der Waals surface area contributed by atoms with E-state index in [1.165, 1.54) is 18.2 Å². The molecule has 7 N–H and O–H groups in total. The van der Waals surface area contributed by atoms with Crippen molar-refractivity contribution in [2.45, 2.75) is 30.7 Å². The molecule has 0 amide bonds. The van der Waals surface area contributed by atoms with E-state index >= 15 is 0 Å². The first-order valence-corrected chi connectivity index (χ1v) is 6.45. The molecule has 0 saturated carbocycles. The van der Waals surface area contributed by atoms with Gasteiger partial charge in [-0.15, -0.1) is 0 Å². The third-order valence-electron chi connectivity index (χ3n) is 3.33. The lowest BCUT2D eigenvalue weighted by Gasteiger charge is -2.39.